The van der Waals surface area contributed by atoms with Crippen molar-refractivity contribution in [1.82, 2.24) is 15.3 Å². The van der Waals surface area contributed by atoms with Gasteiger partial charge in [0.1, 0.15) is 5.01 Å². The fourth-order valence-electron chi connectivity index (χ4n) is 1.74. The number of thiazole rings is 1. The largest absolute Gasteiger partial charge is 0.343 e. The summed E-state index contributed by atoms with van der Waals surface area (Å²) in [4.78, 5) is 21.2. The zero-order chi connectivity index (χ0) is 15.4. The van der Waals surface area contributed by atoms with Crippen LogP contribution in [0.4, 0.5) is 10.2 Å². The fourth-order valence-corrected chi connectivity index (χ4v) is 2.60. The van der Waals surface area contributed by atoms with Crippen LogP contribution in [0.25, 0.3) is 0 Å². The maximum absolute atomic E-state index is 14.0. The topological polar surface area (TPSA) is 92.9 Å². The second-order valence-corrected chi connectivity index (χ2v) is 5.53. The van der Waals surface area contributed by atoms with Crippen LogP contribution in [-0.4, -0.2) is 15.9 Å². The van der Waals surface area contributed by atoms with Crippen LogP contribution < -0.4 is 16.6 Å². The number of nitrogens with zero attached hydrogens (tertiary/aromatic N) is 2. The summed E-state index contributed by atoms with van der Waals surface area (Å²) in [5, 5.41) is 3.50. The lowest BCUT2D eigenvalue weighted by Gasteiger charge is -2.12. The lowest BCUT2D eigenvalue weighted by atomic mass is 10.2. The second kappa shape index (κ2) is 6.59. The first-order valence-corrected chi connectivity index (χ1v) is 7.25. The van der Waals surface area contributed by atoms with Crippen LogP contribution in [0.2, 0.25) is 0 Å². The van der Waals surface area contributed by atoms with E-state index in [-0.39, 0.29) is 17.4 Å². The van der Waals surface area contributed by atoms with E-state index in [1.54, 1.807) is 13.1 Å². The van der Waals surface area contributed by atoms with Crippen molar-refractivity contribution in [2.24, 2.45) is 5.84 Å². The molecule has 1 atom stereocenters. The van der Waals surface area contributed by atoms with Crippen molar-refractivity contribution in [2.75, 3.05) is 5.43 Å². The normalized spacial score (nSPS) is 12.0. The minimum Gasteiger partial charge on any atom is -0.343 e. The van der Waals surface area contributed by atoms with Gasteiger partial charge in [0.05, 0.1) is 11.6 Å². The maximum atomic E-state index is 14.0. The number of halogens is 1. The van der Waals surface area contributed by atoms with E-state index in [1.165, 1.54) is 23.6 Å². The van der Waals surface area contributed by atoms with E-state index in [4.69, 9.17) is 5.84 Å². The molecule has 1 unspecified atom stereocenters. The number of nitrogen functional groups attached to an aromatic ring is 1. The van der Waals surface area contributed by atoms with Crippen LogP contribution in [0.1, 0.15) is 40.1 Å². The maximum Gasteiger partial charge on any atom is 0.255 e. The summed E-state index contributed by atoms with van der Waals surface area (Å²) in [5.74, 6) is 3.65. The molecule has 2 rings (SSSR count). The van der Waals surface area contributed by atoms with Crippen LogP contribution in [-0.2, 0) is 6.42 Å². The van der Waals surface area contributed by atoms with Crippen molar-refractivity contribution in [3.8, 4) is 0 Å². The Bertz CT molecular complexity index is 645. The van der Waals surface area contributed by atoms with Gasteiger partial charge in [-0.05, 0) is 19.4 Å². The summed E-state index contributed by atoms with van der Waals surface area (Å²) in [6.07, 6.45) is 3.99. The van der Waals surface area contributed by atoms with Crippen LogP contribution in [0.3, 0.4) is 0 Å². The third-order valence-corrected chi connectivity index (χ3v) is 4.23. The first-order valence-electron chi connectivity index (χ1n) is 6.43. The average Bonchev–Trinajstić information content (AvgIpc) is 2.96. The predicted octanol–water partition coefficient (Wildman–Crippen LogP) is 2.02. The van der Waals surface area contributed by atoms with E-state index in [2.05, 4.69) is 20.7 Å². The van der Waals surface area contributed by atoms with Crippen molar-refractivity contribution in [3.05, 3.63) is 39.7 Å². The Kier molecular flexibility index (Phi) is 4.81. The Morgan fingerprint density at radius 1 is 1.52 bits per heavy atom. The average molecular weight is 309 g/mol. The predicted molar refractivity (Wildman–Crippen MR) is 79.4 cm³/mol. The highest BCUT2D eigenvalue weighted by molar-refractivity contribution is 7.11. The van der Waals surface area contributed by atoms with Gasteiger partial charge in [0.2, 0.25) is 0 Å². The molecule has 21 heavy (non-hydrogen) atoms. The number of carbonyl (C=O) groups is 1. The smallest absolute Gasteiger partial charge is 0.255 e. The van der Waals surface area contributed by atoms with Crippen LogP contribution >= 0.6 is 11.3 Å². The summed E-state index contributed by atoms with van der Waals surface area (Å²) in [6.45, 7) is 3.84. The van der Waals surface area contributed by atoms with E-state index in [9.17, 15) is 9.18 Å². The third kappa shape index (κ3) is 3.34. The van der Waals surface area contributed by atoms with Crippen molar-refractivity contribution in [3.63, 3.8) is 0 Å². The molecule has 0 spiro atoms. The molecule has 0 radical (unpaired) electrons. The Labute approximate surface area is 125 Å². The van der Waals surface area contributed by atoms with Crippen molar-refractivity contribution in [2.45, 2.75) is 26.3 Å². The quantitative estimate of drug-likeness (QED) is 0.580. The standard InChI is InChI=1S/C13H16FN5OS/c1-3-8-6-17-13(21-8)7(2)18-12(20)9-4-5-16-11(19-15)10(9)14/h4-7H,3,15H2,1-2H3,(H,16,19)(H,18,20). The molecule has 1 amide bonds. The van der Waals surface area contributed by atoms with Crippen molar-refractivity contribution in [1.29, 1.82) is 0 Å². The Balaban J connectivity index is 2.14. The van der Waals surface area contributed by atoms with Gasteiger partial charge in [-0.25, -0.2) is 20.2 Å². The zero-order valence-electron chi connectivity index (χ0n) is 11.7. The lowest BCUT2D eigenvalue weighted by Crippen LogP contribution is -2.28. The minimum absolute atomic E-state index is 0.114. The minimum atomic E-state index is -0.780. The van der Waals surface area contributed by atoms with Gasteiger partial charge in [0.25, 0.3) is 5.91 Å². The summed E-state index contributed by atoms with van der Waals surface area (Å²) in [5.41, 5.74) is 2.00. The summed E-state index contributed by atoms with van der Waals surface area (Å²) < 4.78 is 14.0. The van der Waals surface area contributed by atoms with E-state index >= 15 is 0 Å². The van der Waals surface area contributed by atoms with E-state index in [0.29, 0.717) is 0 Å². The second-order valence-electron chi connectivity index (χ2n) is 4.38. The number of pyridine rings is 1. The molecule has 2 aromatic rings. The number of hydrogen-bond donors (Lipinski definition) is 3. The number of aryl methyl sites for hydroxylation is 1. The van der Waals surface area contributed by atoms with Gasteiger partial charge < -0.3 is 10.7 Å². The number of hydrogen-bond acceptors (Lipinski definition) is 6. The molecule has 0 saturated carbocycles. The molecule has 2 heterocycles. The highest BCUT2D eigenvalue weighted by Crippen LogP contribution is 2.21. The molecule has 112 valence electrons. The SMILES string of the molecule is CCc1cnc(C(C)NC(=O)c2ccnc(NN)c2F)s1. The van der Waals surface area contributed by atoms with Crippen molar-refractivity contribution >= 4 is 23.1 Å². The highest BCUT2D eigenvalue weighted by Gasteiger charge is 2.19. The highest BCUT2D eigenvalue weighted by atomic mass is 32.1. The van der Waals surface area contributed by atoms with E-state index in [1.807, 2.05) is 6.92 Å². The van der Waals surface area contributed by atoms with Crippen LogP contribution in [0.5, 0.6) is 0 Å². The molecule has 8 heteroatoms. The summed E-state index contributed by atoms with van der Waals surface area (Å²) >= 11 is 1.53. The number of nitrogens with two attached hydrogens (primary N) is 1. The first kappa shape index (κ1) is 15.3. The van der Waals surface area contributed by atoms with Crippen LogP contribution in [0.15, 0.2) is 18.5 Å². The number of hydrazine groups is 1. The fraction of sp³-hybridized carbons (Fsp3) is 0.308. The monoisotopic (exact) mass is 309 g/mol. The number of nitrogens with one attached hydrogen (secondary N) is 2. The molecule has 0 bridgehead atoms. The molecule has 6 nitrogen and oxygen atoms in total. The van der Waals surface area contributed by atoms with Gasteiger partial charge in [-0.2, -0.15) is 0 Å². The van der Waals surface area contributed by atoms with Crippen LogP contribution in [0, 0.1) is 5.82 Å². The van der Waals surface area contributed by atoms with Gasteiger partial charge >= 0.3 is 0 Å². The Morgan fingerprint density at radius 3 is 2.90 bits per heavy atom. The zero-order valence-corrected chi connectivity index (χ0v) is 12.5. The molecule has 0 fully saturated rings. The molecule has 4 N–H and O–H groups in total. The van der Waals surface area contributed by atoms with Gasteiger partial charge in [-0.3, -0.25) is 4.79 Å². The van der Waals surface area contributed by atoms with Gasteiger partial charge in [-0.15, -0.1) is 11.3 Å². The molecule has 0 aliphatic carbocycles. The van der Waals surface area contributed by atoms with E-state index < -0.39 is 11.7 Å². The Morgan fingerprint density at radius 2 is 2.29 bits per heavy atom. The molecule has 0 aliphatic rings. The van der Waals surface area contributed by atoms with E-state index in [0.717, 1.165) is 16.3 Å². The number of carbonyl (C=O) groups excluding carboxylic acids is 1. The number of anilines is 1. The van der Waals surface area contributed by atoms with Gasteiger partial charge in [-0.1, -0.05) is 6.92 Å². The molecule has 0 aliphatic heterocycles. The number of aromatic nitrogens is 2. The number of rotatable bonds is 5. The molecular weight excluding hydrogens is 293 g/mol. The van der Waals surface area contributed by atoms with Gasteiger partial charge in [0.15, 0.2) is 11.6 Å². The molecular formula is C13H16FN5OS. The summed E-state index contributed by atoms with van der Waals surface area (Å²) in [6, 6.07) is 1.00. The molecule has 0 saturated heterocycles. The molecule has 0 aromatic carbocycles. The molecule has 2 aromatic heterocycles. The summed E-state index contributed by atoms with van der Waals surface area (Å²) in [7, 11) is 0. The lowest BCUT2D eigenvalue weighted by molar-refractivity contribution is 0.0935. The van der Waals surface area contributed by atoms with Gasteiger partial charge in [0, 0.05) is 17.3 Å². The van der Waals surface area contributed by atoms with Crippen molar-refractivity contribution < 1.29 is 9.18 Å². The third-order valence-electron chi connectivity index (χ3n) is 2.91. The first-order chi connectivity index (χ1) is 10.1. The number of amides is 1. The Hall–Kier alpha value is -2.06.